The molecule has 0 saturated carbocycles. The molecule has 29 heavy (non-hydrogen) atoms. The van der Waals surface area contributed by atoms with Crippen molar-refractivity contribution in [2.45, 2.75) is 19.3 Å². The van der Waals surface area contributed by atoms with Crippen LogP contribution in [0.5, 0.6) is 0 Å². The number of morpholine rings is 1. The number of aromatic nitrogens is 1. The van der Waals surface area contributed by atoms with E-state index < -0.39 is 5.82 Å². The quantitative estimate of drug-likeness (QED) is 0.701. The average molecular weight is 393 g/mol. The molecule has 1 atom stereocenters. The highest BCUT2D eigenvalue weighted by atomic mass is 19.1. The second kappa shape index (κ2) is 8.57. The molecule has 1 N–H and O–H groups in total. The molecular formula is C23H24FN3O2. The van der Waals surface area contributed by atoms with Gasteiger partial charge in [0, 0.05) is 24.2 Å². The zero-order valence-corrected chi connectivity index (χ0v) is 16.4. The first-order valence-electron chi connectivity index (χ1n) is 9.94. The Morgan fingerprint density at radius 3 is 2.66 bits per heavy atom. The molecule has 3 aromatic rings. The molecule has 5 nitrogen and oxygen atoms in total. The predicted molar refractivity (Wildman–Crippen MR) is 113 cm³/mol. The fourth-order valence-electron chi connectivity index (χ4n) is 3.71. The molecule has 0 unspecified atom stereocenters. The first kappa shape index (κ1) is 19.3. The molecule has 1 aliphatic heterocycles. The predicted octanol–water partition coefficient (Wildman–Crippen LogP) is 4.34. The van der Waals surface area contributed by atoms with Crippen molar-refractivity contribution < 1.29 is 13.9 Å². The van der Waals surface area contributed by atoms with Gasteiger partial charge in [-0.05, 0) is 36.2 Å². The number of nitrogens with one attached hydrogen (secondary N) is 1. The van der Waals surface area contributed by atoms with Crippen LogP contribution in [-0.4, -0.2) is 37.2 Å². The van der Waals surface area contributed by atoms with Crippen molar-refractivity contribution in [3.05, 3.63) is 66.0 Å². The maximum absolute atomic E-state index is 14.8. The fraction of sp³-hybridized carbons (Fsp3) is 0.304. The maximum Gasteiger partial charge on any atom is 0.231 e. The van der Waals surface area contributed by atoms with Gasteiger partial charge in [0.1, 0.15) is 11.3 Å². The zero-order chi connectivity index (χ0) is 20.2. The molecule has 4 rings (SSSR count). The van der Waals surface area contributed by atoms with E-state index in [-0.39, 0.29) is 11.8 Å². The van der Waals surface area contributed by atoms with Gasteiger partial charge in [0.05, 0.1) is 19.1 Å². The summed E-state index contributed by atoms with van der Waals surface area (Å²) in [6, 6.07) is 16.5. The van der Waals surface area contributed by atoms with Gasteiger partial charge < -0.3 is 15.0 Å². The molecule has 0 bridgehead atoms. The van der Waals surface area contributed by atoms with Gasteiger partial charge in [-0.2, -0.15) is 0 Å². The van der Waals surface area contributed by atoms with E-state index in [0.717, 1.165) is 24.5 Å². The van der Waals surface area contributed by atoms with Crippen LogP contribution in [0.4, 0.5) is 15.9 Å². The monoisotopic (exact) mass is 393 g/mol. The smallest absolute Gasteiger partial charge is 0.231 e. The van der Waals surface area contributed by atoms with Gasteiger partial charge in [-0.15, -0.1) is 0 Å². The first-order valence-corrected chi connectivity index (χ1v) is 9.94. The molecule has 0 spiro atoms. The summed E-state index contributed by atoms with van der Waals surface area (Å²) < 4.78 is 20.2. The third-order valence-corrected chi connectivity index (χ3v) is 5.26. The minimum Gasteiger partial charge on any atom is -0.378 e. The highest BCUT2D eigenvalue weighted by molar-refractivity contribution is 5.97. The van der Waals surface area contributed by atoms with Gasteiger partial charge >= 0.3 is 0 Å². The summed E-state index contributed by atoms with van der Waals surface area (Å²) in [5.74, 6) is -0.126. The van der Waals surface area contributed by atoms with E-state index in [2.05, 4.69) is 15.2 Å². The molecule has 1 saturated heterocycles. The Hall–Kier alpha value is -2.99. The van der Waals surface area contributed by atoms with Crippen molar-refractivity contribution in [3.8, 4) is 0 Å². The molecule has 2 heterocycles. The first-order chi connectivity index (χ1) is 14.2. The van der Waals surface area contributed by atoms with Crippen LogP contribution in [0.2, 0.25) is 0 Å². The van der Waals surface area contributed by atoms with Crippen molar-refractivity contribution in [2.24, 2.45) is 0 Å². The van der Waals surface area contributed by atoms with Crippen molar-refractivity contribution in [1.29, 1.82) is 0 Å². The Morgan fingerprint density at radius 2 is 1.93 bits per heavy atom. The lowest BCUT2D eigenvalue weighted by Gasteiger charge is -2.28. The van der Waals surface area contributed by atoms with Crippen LogP contribution in [0, 0.1) is 5.82 Å². The SMILES string of the molecule is CC[C@@H](C(=O)Nc1cc(F)c2nc(N3CCOCC3)ccc2c1)c1ccccc1. The summed E-state index contributed by atoms with van der Waals surface area (Å²) in [6.07, 6.45) is 0.663. The van der Waals surface area contributed by atoms with E-state index in [4.69, 9.17) is 4.74 Å². The minimum absolute atomic E-state index is 0.143. The molecule has 150 valence electrons. The van der Waals surface area contributed by atoms with E-state index in [1.807, 2.05) is 49.4 Å². The van der Waals surface area contributed by atoms with Gasteiger partial charge in [0.2, 0.25) is 5.91 Å². The fourth-order valence-corrected chi connectivity index (χ4v) is 3.71. The second-order valence-corrected chi connectivity index (χ2v) is 7.16. The van der Waals surface area contributed by atoms with Crippen LogP contribution in [0.15, 0.2) is 54.6 Å². The molecule has 1 fully saturated rings. The van der Waals surface area contributed by atoms with E-state index in [0.29, 0.717) is 36.2 Å². The van der Waals surface area contributed by atoms with Gasteiger partial charge in [0.25, 0.3) is 0 Å². The summed E-state index contributed by atoms with van der Waals surface area (Å²) in [4.78, 5) is 19.4. The molecule has 0 radical (unpaired) electrons. The lowest BCUT2D eigenvalue weighted by atomic mass is 9.95. The number of nitrogens with zero attached hydrogens (tertiary/aromatic N) is 2. The van der Waals surface area contributed by atoms with E-state index in [1.54, 1.807) is 6.07 Å². The van der Waals surface area contributed by atoms with Crippen LogP contribution in [-0.2, 0) is 9.53 Å². The Kier molecular flexibility index (Phi) is 5.71. The lowest BCUT2D eigenvalue weighted by molar-refractivity contribution is -0.117. The molecule has 1 aliphatic rings. The molecule has 6 heteroatoms. The summed E-state index contributed by atoms with van der Waals surface area (Å²) in [7, 11) is 0. The summed E-state index contributed by atoms with van der Waals surface area (Å²) in [6.45, 7) is 4.74. The number of benzene rings is 2. The number of hydrogen-bond donors (Lipinski definition) is 1. The van der Waals surface area contributed by atoms with Crippen molar-refractivity contribution in [2.75, 3.05) is 36.5 Å². The number of pyridine rings is 1. The Bertz CT molecular complexity index is 1000. The third kappa shape index (κ3) is 4.22. The molecule has 0 aliphatic carbocycles. The van der Waals surface area contributed by atoms with Crippen LogP contribution in [0.3, 0.4) is 0 Å². The maximum atomic E-state index is 14.8. The lowest BCUT2D eigenvalue weighted by Crippen LogP contribution is -2.36. The zero-order valence-electron chi connectivity index (χ0n) is 16.4. The standard InChI is InChI=1S/C23H24FN3O2/c1-2-19(16-6-4-3-5-7-16)23(28)25-18-14-17-8-9-21(26-22(17)20(24)15-18)27-10-12-29-13-11-27/h3-9,14-15,19H,2,10-13H2,1H3,(H,25,28)/t19-/m1/s1. The number of amides is 1. The number of rotatable bonds is 5. The topological polar surface area (TPSA) is 54.5 Å². The molecule has 2 aromatic carbocycles. The van der Waals surface area contributed by atoms with Crippen LogP contribution in [0.25, 0.3) is 10.9 Å². The number of ether oxygens (including phenoxy) is 1. The summed E-state index contributed by atoms with van der Waals surface area (Å²) >= 11 is 0. The van der Waals surface area contributed by atoms with Crippen LogP contribution < -0.4 is 10.2 Å². The number of anilines is 2. The molecule has 1 aromatic heterocycles. The van der Waals surface area contributed by atoms with Gasteiger partial charge in [-0.1, -0.05) is 37.3 Å². The summed E-state index contributed by atoms with van der Waals surface area (Å²) in [5.41, 5.74) is 1.70. The number of fused-ring (bicyclic) bond motifs is 1. The number of hydrogen-bond acceptors (Lipinski definition) is 4. The van der Waals surface area contributed by atoms with Gasteiger partial charge in [-0.3, -0.25) is 4.79 Å². The van der Waals surface area contributed by atoms with Crippen molar-refractivity contribution in [3.63, 3.8) is 0 Å². The normalized spacial score (nSPS) is 15.3. The second-order valence-electron chi connectivity index (χ2n) is 7.16. The average Bonchev–Trinajstić information content (AvgIpc) is 2.75. The van der Waals surface area contributed by atoms with Gasteiger partial charge in [-0.25, -0.2) is 9.37 Å². The van der Waals surface area contributed by atoms with E-state index in [1.165, 1.54) is 6.07 Å². The molecule has 1 amide bonds. The van der Waals surface area contributed by atoms with Crippen molar-refractivity contribution in [1.82, 2.24) is 4.98 Å². The van der Waals surface area contributed by atoms with Crippen molar-refractivity contribution >= 4 is 28.3 Å². The number of carbonyl (C=O) groups excluding carboxylic acids is 1. The number of halogens is 1. The molecular weight excluding hydrogens is 369 g/mol. The van der Waals surface area contributed by atoms with Crippen LogP contribution in [0.1, 0.15) is 24.8 Å². The minimum atomic E-state index is -0.444. The highest BCUT2D eigenvalue weighted by Gasteiger charge is 2.20. The summed E-state index contributed by atoms with van der Waals surface area (Å²) in [5, 5.41) is 3.53. The third-order valence-electron chi connectivity index (χ3n) is 5.26. The van der Waals surface area contributed by atoms with E-state index >= 15 is 0 Å². The Labute approximate surface area is 169 Å². The highest BCUT2D eigenvalue weighted by Crippen LogP contribution is 2.27. The largest absolute Gasteiger partial charge is 0.378 e. The van der Waals surface area contributed by atoms with E-state index in [9.17, 15) is 9.18 Å². The number of carbonyl (C=O) groups is 1. The Balaban J connectivity index is 1.57. The van der Waals surface area contributed by atoms with Crippen LogP contribution >= 0.6 is 0 Å². The Morgan fingerprint density at radius 1 is 1.17 bits per heavy atom. The van der Waals surface area contributed by atoms with Gasteiger partial charge in [0.15, 0.2) is 5.82 Å².